The Morgan fingerprint density at radius 2 is 2.29 bits per heavy atom. The van der Waals surface area contributed by atoms with Gasteiger partial charge in [0.1, 0.15) is 0 Å². The van der Waals surface area contributed by atoms with E-state index >= 15 is 0 Å². The molecule has 1 N–H and O–H groups in total. The lowest BCUT2D eigenvalue weighted by Gasteiger charge is -2.00. The number of thiazole rings is 1. The quantitative estimate of drug-likeness (QED) is 0.896. The molecule has 1 aromatic rings. The van der Waals surface area contributed by atoms with Gasteiger partial charge in [0.25, 0.3) is 0 Å². The van der Waals surface area contributed by atoms with Crippen molar-refractivity contribution in [2.24, 2.45) is 4.99 Å². The SMILES string of the molecule is Cl.Cl.c1ncc(CNC2=NCCS2)s1. The maximum atomic E-state index is 4.29. The van der Waals surface area contributed by atoms with Crippen LogP contribution in [0.2, 0.25) is 0 Å². The summed E-state index contributed by atoms with van der Waals surface area (Å²) < 4.78 is 0. The summed E-state index contributed by atoms with van der Waals surface area (Å²) in [5.41, 5.74) is 1.85. The van der Waals surface area contributed by atoms with E-state index < -0.39 is 0 Å². The number of thioether (sulfide) groups is 1. The molecule has 0 unspecified atom stereocenters. The molecule has 80 valence electrons. The Kier molecular flexibility index (Phi) is 7.35. The van der Waals surface area contributed by atoms with Gasteiger partial charge in [0, 0.05) is 16.8 Å². The van der Waals surface area contributed by atoms with Crippen molar-refractivity contribution < 1.29 is 0 Å². The van der Waals surface area contributed by atoms with Crippen LogP contribution in [0.15, 0.2) is 16.7 Å². The fraction of sp³-hybridized carbons (Fsp3) is 0.429. The molecule has 7 heteroatoms. The molecule has 2 rings (SSSR count). The van der Waals surface area contributed by atoms with Gasteiger partial charge < -0.3 is 5.32 Å². The monoisotopic (exact) mass is 271 g/mol. The zero-order chi connectivity index (χ0) is 8.23. The molecule has 0 fully saturated rings. The molecule has 1 aliphatic rings. The van der Waals surface area contributed by atoms with E-state index in [4.69, 9.17) is 0 Å². The molecular weight excluding hydrogens is 261 g/mol. The van der Waals surface area contributed by atoms with Crippen molar-refractivity contribution >= 4 is 53.1 Å². The molecule has 2 heterocycles. The number of rotatable bonds is 2. The molecule has 0 aliphatic carbocycles. The number of nitrogens with zero attached hydrogens (tertiary/aromatic N) is 2. The summed E-state index contributed by atoms with van der Waals surface area (Å²) in [6, 6.07) is 0. The summed E-state index contributed by atoms with van der Waals surface area (Å²) >= 11 is 3.46. The van der Waals surface area contributed by atoms with Crippen molar-refractivity contribution in [2.75, 3.05) is 12.3 Å². The van der Waals surface area contributed by atoms with Crippen molar-refractivity contribution in [3.63, 3.8) is 0 Å². The first kappa shape index (κ1) is 14.0. The van der Waals surface area contributed by atoms with Gasteiger partial charge in [-0.1, -0.05) is 11.8 Å². The van der Waals surface area contributed by atoms with Crippen LogP contribution in [0.25, 0.3) is 0 Å². The van der Waals surface area contributed by atoms with Crippen LogP contribution in [0, 0.1) is 0 Å². The molecular formula is C7H11Cl2N3S2. The van der Waals surface area contributed by atoms with Crippen LogP contribution in [-0.4, -0.2) is 22.4 Å². The largest absolute Gasteiger partial charge is 0.360 e. The Hall–Kier alpha value is 0.0300. The van der Waals surface area contributed by atoms with Gasteiger partial charge in [-0.15, -0.1) is 36.2 Å². The number of halogens is 2. The second kappa shape index (κ2) is 7.34. The van der Waals surface area contributed by atoms with Gasteiger partial charge in [-0.3, -0.25) is 9.98 Å². The molecule has 0 aromatic carbocycles. The summed E-state index contributed by atoms with van der Waals surface area (Å²) in [7, 11) is 0. The van der Waals surface area contributed by atoms with E-state index in [1.807, 2.05) is 11.7 Å². The van der Waals surface area contributed by atoms with Gasteiger partial charge in [-0.25, -0.2) is 0 Å². The number of aliphatic imine (C=N–C) groups is 1. The van der Waals surface area contributed by atoms with E-state index in [2.05, 4.69) is 15.3 Å². The number of nitrogens with one attached hydrogen (secondary N) is 1. The average Bonchev–Trinajstić information content (AvgIpc) is 2.74. The topological polar surface area (TPSA) is 37.3 Å². The molecule has 1 aromatic heterocycles. The summed E-state index contributed by atoms with van der Waals surface area (Å²) in [5.74, 6) is 1.12. The van der Waals surface area contributed by atoms with Crippen LogP contribution in [0.5, 0.6) is 0 Å². The Labute approximate surface area is 104 Å². The van der Waals surface area contributed by atoms with Crippen molar-refractivity contribution in [3.05, 3.63) is 16.6 Å². The minimum absolute atomic E-state index is 0. The molecule has 3 nitrogen and oxygen atoms in total. The van der Waals surface area contributed by atoms with E-state index in [0.717, 1.165) is 24.0 Å². The number of amidine groups is 1. The average molecular weight is 272 g/mol. The fourth-order valence-electron chi connectivity index (χ4n) is 0.934. The number of aromatic nitrogens is 1. The summed E-state index contributed by atoms with van der Waals surface area (Å²) in [5, 5.41) is 4.34. The number of hydrogen-bond acceptors (Lipinski definition) is 5. The van der Waals surface area contributed by atoms with Crippen LogP contribution >= 0.6 is 47.9 Å². The van der Waals surface area contributed by atoms with Gasteiger partial charge >= 0.3 is 0 Å². The smallest absolute Gasteiger partial charge is 0.156 e. The third kappa shape index (κ3) is 4.04. The maximum absolute atomic E-state index is 4.29. The molecule has 14 heavy (non-hydrogen) atoms. The van der Waals surface area contributed by atoms with E-state index in [0.29, 0.717) is 0 Å². The van der Waals surface area contributed by atoms with Crippen LogP contribution < -0.4 is 5.32 Å². The summed E-state index contributed by atoms with van der Waals surface area (Å²) in [4.78, 5) is 9.54. The molecule has 0 amide bonds. The van der Waals surface area contributed by atoms with Gasteiger partial charge in [-0.2, -0.15) is 0 Å². The second-order valence-corrected chi connectivity index (χ2v) is 4.41. The van der Waals surface area contributed by atoms with Crippen LogP contribution in [-0.2, 0) is 6.54 Å². The van der Waals surface area contributed by atoms with Crippen molar-refractivity contribution in [1.82, 2.24) is 10.3 Å². The lowest BCUT2D eigenvalue weighted by atomic mass is 10.5. The van der Waals surface area contributed by atoms with Crippen molar-refractivity contribution in [1.29, 1.82) is 0 Å². The molecule has 0 saturated heterocycles. The van der Waals surface area contributed by atoms with E-state index in [9.17, 15) is 0 Å². The Bertz CT molecular complexity index is 276. The Morgan fingerprint density at radius 3 is 2.86 bits per heavy atom. The highest BCUT2D eigenvalue weighted by molar-refractivity contribution is 8.14. The molecule has 1 aliphatic heterocycles. The van der Waals surface area contributed by atoms with Gasteiger partial charge in [0.15, 0.2) is 5.17 Å². The summed E-state index contributed by atoms with van der Waals surface area (Å²) in [6.45, 7) is 1.81. The van der Waals surface area contributed by atoms with Crippen LogP contribution in [0.3, 0.4) is 0 Å². The second-order valence-electron chi connectivity index (χ2n) is 2.36. The first-order valence-corrected chi connectivity index (χ1v) is 5.60. The third-order valence-electron chi connectivity index (χ3n) is 1.48. The zero-order valence-electron chi connectivity index (χ0n) is 7.30. The van der Waals surface area contributed by atoms with E-state index in [1.165, 1.54) is 4.88 Å². The third-order valence-corrected chi connectivity index (χ3v) is 3.20. The first-order valence-electron chi connectivity index (χ1n) is 3.73. The highest BCUT2D eigenvalue weighted by atomic mass is 35.5. The van der Waals surface area contributed by atoms with Gasteiger partial charge in [0.2, 0.25) is 0 Å². The molecule has 0 saturated carbocycles. The van der Waals surface area contributed by atoms with E-state index in [-0.39, 0.29) is 24.8 Å². The highest BCUT2D eigenvalue weighted by Crippen LogP contribution is 2.11. The molecule has 0 radical (unpaired) electrons. The fourth-order valence-corrected chi connectivity index (χ4v) is 2.20. The van der Waals surface area contributed by atoms with Gasteiger partial charge in [-0.05, 0) is 0 Å². The Balaban J connectivity index is 0.000000845. The minimum Gasteiger partial charge on any atom is -0.360 e. The maximum Gasteiger partial charge on any atom is 0.156 e. The normalized spacial score (nSPS) is 13.9. The van der Waals surface area contributed by atoms with E-state index in [1.54, 1.807) is 23.1 Å². The zero-order valence-corrected chi connectivity index (χ0v) is 10.6. The predicted molar refractivity (Wildman–Crippen MR) is 68.2 cm³/mol. The lowest BCUT2D eigenvalue weighted by Crippen LogP contribution is -2.17. The molecule has 0 spiro atoms. The van der Waals surface area contributed by atoms with Crippen LogP contribution in [0.4, 0.5) is 0 Å². The minimum atomic E-state index is 0. The predicted octanol–water partition coefficient (Wildman–Crippen LogP) is 2.18. The van der Waals surface area contributed by atoms with Crippen molar-refractivity contribution in [2.45, 2.75) is 6.54 Å². The molecule has 0 atom stereocenters. The van der Waals surface area contributed by atoms with Crippen molar-refractivity contribution in [3.8, 4) is 0 Å². The standard InChI is InChI=1S/C7H9N3S2.2ClH/c1-2-11-7(9-1)10-4-6-3-8-5-12-6;;/h3,5H,1-2,4H2,(H,9,10);2*1H. The Morgan fingerprint density at radius 1 is 1.43 bits per heavy atom. The molecule has 0 bridgehead atoms. The van der Waals surface area contributed by atoms with Crippen LogP contribution in [0.1, 0.15) is 4.88 Å². The highest BCUT2D eigenvalue weighted by Gasteiger charge is 2.05. The first-order chi connectivity index (χ1) is 5.95. The lowest BCUT2D eigenvalue weighted by molar-refractivity contribution is 0.938. The van der Waals surface area contributed by atoms with Gasteiger partial charge in [0.05, 0.1) is 18.6 Å². The summed E-state index contributed by atoms with van der Waals surface area (Å²) in [6.07, 6.45) is 1.89. The number of hydrogen-bond donors (Lipinski definition) is 1.